The Morgan fingerprint density at radius 1 is 1.47 bits per heavy atom. The predicted molar refractivity (Wildman–Crippen MR) is 67.5 cm³/mol. The number of nitrogens with zero attached hydrogens (tertiary/aromatic N) is 1. The van der Waals surface area contributed by atoms with E-state index in [-0.39, 0.29) is 5.91 Å². The molecule has 0 saturated carbocycles. The quantitative estimate of drug-likeness (QED) is 0.564. The summed E-state index contributed by atoms with van der Waals surface area (Å²) in [5.74, 6) is 5.55. The van der Waals surface area contributed by atoms with Crippen LogP contribution in [0.3, 0.4) is 0 Å². The Morgan fingerprint density at radius 3 is 3.06 bits per heavy atom. The number of aromatic nitrogens is 1. The van der Waals surface area contributed by atoms with E-state index in [9.17, 15) is 4.79 Å². The van der Waals surface area contributed by atoms with Gasteiger partial charge in [-0.15, -0.1) is 0 Å². The highest BCUT2D eigenvalue weighted by molar-refractivity contribution is 7.07. The van der Waals surface area contributed by atoms with Gasteiger partial charge < -0.3 is 10.7 Å². The van der Waals surface area contributed by atoms with Crippen molar-refractivity contribution in [1.29, 1.82) is 0 Å². The minimum absolute atomic E-state index is 0.143. The lowest BCUT2D eigenvalue weighted by atomic mass is 10.2. The number of hydrogen-bond donors (Lipinski definition) is 3. The summed E-state index contributed by atoms with van der Waals surface area (Å²) in [5.41, 5.74) is 4.03. The van der Waals surface area contributed by atoms with Crippen molar-refractivity contribution < 1.29 is 4.79 Å². The molecule has 0 radical (unpaired) electrons. The molecule has 1 amide bonds. The predicted octanol–water partition coefficient (Wildman–Crippen LogP) is 1.36. The third-order valence-electron chi connectivity index (χ3n) is 2.20. The second-order valence-corrected chi connectivity index (χ2v) is 4.17. The number of pyridine rings is 1. The Bertz CT molecular complexity index is 498. The molecule has 2 aromatic heterocycles. The fourth-order valence-corrected chi connectivity index (χ4v) is 2.00. The van der Waals surface area contributed by atoms with Crippen molar-refractivity contribution in [2.24, 2.45) is 5.84 Å². The maximum absolute atomic E-state index is 11.8. The Hall–Kier alpha value is -1.92. The van der Waals surface area contributed by atoms with Crippen molar-refractivity contribution in [3.05, 3.63) is 46.3 Å². The first-order valence-corrected chi connectivity index (χ1v) is 5.96. The molecule has 0 atom stereocenters. The standard InChI is InChI=1S/C11H12N4OS/c12-15-10-5-9(1-3-13-10)11(16)14-6-8-2-4-17-7-8/h1-5,7H,6,12H2,(H,13,15)(H,14,16). The average molecular weight is 248 g/mol. The van der Waals surface area contributed by atoms with Crippen molar-refractivity contribution >= 4 is 23.1 Å². The minimum atomic E-state index is -0.143. The molecular formula is C11H12N4OS. The van der Waals surface area contributed by atoms with Crippen LogP contribution in [-0.2, 0) is 6.54 Å². The summed E-state index contributed by atoms with van der Waals surface area (Å²) in [6, 6.07) is 5.22. The lowest BCUT2D eigenvalue weighted by molar-refractivity contribution is 0.0951. The van der Waals surface area contributed by atoms with Gasteiger partial charge in [0.25, 0.3) is 5.91 Å². The van der Waals surface area contributed by atoms with E-state index in [0.29, 0.717) is 17.9 Å². The number of amides is 1. The summed E-state index contributed by atoms with van der Waals surface area (Å²) in [4.78, 5) is 15.7. The summed E-state index contributed by atoms with van der Waals surface area (Å²) in [6.45, 7) is 0.524. The van der Waals surface area contributed by atoms with Crippen LogP contribution in [0.1, 0.15) is 15.9 Å². The third kappa shape index (κ3) is 3.02. The number of nitrogens with two attached hydrogens (primary N) is 1. The number of anilines is 1. The Morgan fingerprint density at radius 2 is 2.35 bits per heavy atom. The highest BCUT2D eigenvalue weighted by Gasteiger charge is 2.06. The first kappa shape index (κ1) is 11.6. The van der Waals surface area contributed by atoms with Gasteiger partial charge >= 0.3 is 0 Å². The van der Waals surface area contributed by atoms with Crippen LogP contribution in [0, 0.1) is 0 Å². The summed E-state index contributed by atoms with van der Waals surface area (Å²) in [7, 11) is 0. The van der Waals surface area contributed by atoms with Gasteiger partial charge in [0, 0.05) is 18.3 Å². The third-order valence-corrected chi connectivity index (χ3v) is 2.94. The molecule has 17 heavy (non-hydrogen) atoms. The first-order chi connectivity index (χ1) is 8.29. The van der Waals surface area contributed by atoms with Gasteiger partial charge in [0.15, 0.2) is 0 Å². The summed E-state index contributed by atoms with van der Waals surface area (Å²) >= 11 is 1.61. The Labute approximate surface area is 103 Å². The molecule has 0 spiro atoms. The molecular weight excluding hydrogens is 236 g/mol. The van der Waals surface area contributed by atoms with E-state index in [0.717, 1.165) is 5.56 Å². The van der Waals surface area contributed by atoms with Crippen molar-refractivity contribution in [2.75, 3.05) is 5.43 Å². The molecule has 0 aliphatic rings. The number of hydrogen-bond acceptors (Lipinski definition) is 5. The number of nitrogens with one attached hydrogen (secondary N) is 2. The number of carbonyl (C=O) groups excluding carboxylic acids is 1. The van der Waals surface area contributed by atoms with Gasteiger partial charge in [-0.2, -0.15) is 11.3 Å². The molecule has 4 N–H and O–H groups in total. The molecule has 0 fully saturated rings. The van der Waals surface area contributed by atoms with Gasteiger partial charge in [0.1, 0.15) is 5.82 Å². The highest BCUT2D eigenvalue weighted by Crippen LogP contribution is 2.07. The molecule has 88 valence electrons. The van der Waals surface area contributed by atoms with E-state index in [1.54, 1.807) is 23.5 Å². The molecule has 6 heteroatoms. The molecule has 0 aliphatic heterocycles. The smallest absolute Gasteiger partial charge is 0.251 e. The van der Waals surface area contributed by atoms with Crippen molar-refractivity contribution in [3.63, 3.8) is 0 Å². The first-order valence-electron chi connectivity index (χ1n) is 5.01. The van der Waals surface area contributed by atoms with Gasteiger partial charge in [-0.05, 0) is 34.5 Å². The fourth-order valence-electron chi connectivity index (χ4n) is 1.33. The molecule has 0 bridgehead atoms. The van der Waals surface area contributed by atoms with E-state index < -0.39 is 0 Å². The SMILES string of the molecule is NNc1cc(C(=O)NCc2ccsc2)ccn1. The van der Waals surface area contributed by atoms with Crippen LogP contribution in [0.4, 0.5) is 5.82 Å². The lowest BCUT2D eigenvalue weighted by Crippen LogP contribution is -2.23. The molecule has 5 nitrogen and oxygen atoms in total. The van der Waals surface area contributed by atoms with Crippen LogP contribution >= 0.6 is 11.3 Å². The zero-order valence-corrected chi connectivity index (χ0v) is 9.83. The minimum Gasteiger partial charge on any atom is -0.348 e. The van der Waals surface area contributed by atoms with Gasteiger partial charge in [0.2, 0.25) is 0 Å². The largest absolute Gasteiger partial charge is 0.348 e. The van der Waals surface area contributed by atoms with Crippen LogP contribution in [-0.4, -0.2) is 10.9 Å². The number of hydrazine groups is 1. The number of rotatable bonds is 4. The molecule has 2 heterocycles. The molecule has 2 rings (SSSR count). The van der Waals surface area contributed by atoms with E-state index in [2.05, 4.69) is 15.7 Å². The highest BCUT2D eigenvalue weighted by atomic mass is 32.1. The van der Waals surface area contributed by atoms with Gasteiger partial charge in [0.05, 0.1) is 0 Å². The normalized spacial score (nSPS) is 9.94. The Balaban J connectivity index is 1.99. The molecule has 0 saturated heterocycles. The van der Waals surface area contributed by atoms with Crippen molar-refractivity contribution in [1.82, 2.24) is 10.3 Å². The lowest BCUT2D eigenvalue weighted by Gasteiger charge is -2.05. The maximum atomic E-state index is 11.8. The van der Waals surface area contributed by atoms with Gasteiger partial charge in [-0.3, -0.25) is 4.79 Å². The second kappa shape index (κ2) is 5.42. The van der Waals surface area contributed by atoms with Crippen LogP contribution in [0.15, 0.2) is 35.2 Å². The monoisotopic (exact) mass is 248 g/mol. The summed E-state index contributed by atoms with van der Waals surface area (Å²) < 4.78 is 0. The van der Waals surface area contributed by atoms with Crippen molar-refractivity contribution in [3.8, 4) is 0 Å². The fraction of sp³-hybridized carbons (Fsp3) is 0.0909. The number of carbonyl (C=O) groups is 1. The van der Waals surface area contributed by atoms with E-state index in [4.69, 9.17) is 5.84 Å². The van der Waals surface area contributed by atoms with E-state index in [1.807, 2.05) is 16.8 Å². The van der Waals surface area contributed by atoms with Crippen LogP contribution < -0.4 is 16.6 Å². The molecule has 0 unspecified atom stereocenters. The summed E-state index contributed by atoms with van der Waals surface area (Å²) in [5, 5.41) is 6.80. The maximum Gasteiger partial charge on any atom is 0.251 e. The van der Waals surface area contributed by atoms with Crippen LogP contribution in [0.25, 0.3) is 0 Å². The van der Waals surface area contributed by atoms with Crippen molar-refractivity contribution in [2.45, 2.75) is 6.54 Å². The van der Waals surface area contributed by atoms with Gasteiger partial charge in [-0.1, -0.05) is 0 Å². The second-order valence-electron chi connectivity index (χ2n) is 3.39. The van der Waals surface area contributed by atoms with E-state index >= 15 is 0 Å². The average Bonchev–Trinajstić information content (AvgIpc) is 2.89. The van der Waals surface area contributed by atoms with Crippen LogP contribution in [0.5, 0.6) is 0 Å². The summed E-state index contributed by atoms with van der Waals surface area (Å²) in [6.07, 6.45) is 1.54. The zero-order valence-electron chi connectivity index (χ0n) is 9.01. The topological polar surface area (TPSA) is 80.0 Å². The van der Waals surface area contributed by atoms with E-state index in [1.165, 1.54) is 6.20 Å². The number of nitrogen functional groups attached to an aromatic ring is 1. The molecule has 2 aromatic rings. The number of thiophene rings is 1. The molecule has 0 aliphatic carbocycles. The van der Waals surface area contributed by atoms with Crippen LogP contribution in [0.2, 0.25) is 0 Å². The zero-order chi connectivity index (χ0) is 12.1. The Kier molecular flexibility index (Phi) is 3.69. The molecule has 0 aromatic carbocycles. The van der Waals surface area contributed by atoms with Gasteiger partial charge in [-0.25, -0.2) is 10.8 Å².